The minimum Gasteiger partial charge on any atom is -0.274 e. The molecule has 2 bridgehead atoms. The molecular weight excluding hydrogens is 304 g/mol. The van der Waals surface area contributed by atoms with Crippen LogP contribution in [-0.2, 0) is 9.59 Å². The lowest BCUT2D eigenvalue weighted by atomic mass is 9.85. The molecule has 2 fully saturated rings. The zero-order valence-corrected chi connectivity index (χ0v) is 10.9. The summed E-state index contributed by atoms with van der Waals surface area (Å²) in [6.07, 6.45) is 4.21. The van der Waals surface area contributed by atoms with Crippen LogP contribution in [0.1, 0.15) is 6.42 Å². The van der Waals surface area contributed by atoms with Gasteiger partial charge in [-0.3, -0.25) is 9.59 Å². The van der Waals surface area contributed by atoms with Gasteiger partial charge in [0.25, 0.3) is 11.9 Å². The highest BCUT2D eigenvalue weighted by atomic mass is 19.2. The van der Waals surface area contributed by atoms with Gasteiger partial charge in [-0.05, 0) is 18.3 Å². The Labute approximate surface area is 121 Å². The van der Waals surface area contributed by atoms with Crippen molar-refractivity contribution in [2.24, 2.45) is 23.7 Å². The van der Waals surface area contributed by atoms with Crippen molar-refractivity contribution in [2.75, 3.05) is 4.90 Å². The third-order valence-electron chi connectivity index (χ3n) is 4.67. The fraction of sp³-hybridized carbons (Fsp3) is 0.357. The van der Waals surface area contributed by atoms with Crippen molar-refractivity contribution in [1.82, 2.24) is 4.98 Å². The van der Waals surface area contributed by atoms with Crippen molar-refractivity contribution in [3.63, 3.8) is 0 Å². The second-order valence-electron chi connectivity index (χ2n) is 5.68. The van der Waals surface area contributed by atoms with Crippen LogP contribution in [0.15, 0.2) is 12.2 Å². The third kappa shape index (κ3) is 1.44. The topological polar surface area (TPSA) is 50.3 Å². The molecule has 2 aliphatic carbocycles. The molecule has 4 rings (SSSR count). The lowest BCUT2D eigenvalue weighted by Gasteiger charge is -2.18. The van der Waals surface area contributed by atoms with Gasteiger partial charge < -0.3 is 0 Å². The van der Waals surface area contributed by atoms with Crippen molar-refractivity contribution >= 4 is 17.5 Å². The molecule has 0 radical (unpaired) electrons. The Morgan fingerprint density at radius 1 is 0.909 bits per heavy atom. The van der Waals surface area contributed by atoms with Crippen LogP contribution in [0, 0.1) is 47.2 Å². The molecule has 2 amide bonds. The van der Waals surface area contributed by atoms with E-state index in [-0.39, 0.29) is 16.7 Å². The van der Waals surface area contributed by atoms with Gasteiger partial charge in [0, 0.05) is 0 Å². The average Bonchev–Trinajstić information content (AvgIpc) is 3.14. The second-order valence-corrected chi connectivity index (χ2v) is 5.68. The number of nitrogens with zero attached hydrogens (tertiary/aromatic N) is 2. The number of imide groups is 1. The molecule has 22 heavy (non-hydrogen) atoms. The van der Waals surface area contributed by atoms with Gasteiger partial charge in [0.05, 0.1) is 11.8 Å². The van der Waals surface area contributed by atoms with Gasteiger partial charge in [-0.15, -0.1) is 0 Å². The Hall–Kier alpha value is -2.25. The Bertz CT molecular complexity index is 707. The number of anilines is 1. The number of pyridine rings is 1. The molecule has 2 heterocycles. The lowest BCUT2D eigenvalue weighted by molar-refractivity contribution is -0.123. The Kier molecular flexibility index (Phi) is 2.53. The number of fused-ring (bicyclic) bond motifs is 5. The highest BCUT2D eigenvalue weighted by Gasteiger charge is 2.60. The van der Waals surface area contributed by atoms with E-state index in [1.54, 1.807) is 12.2 Å². The monoisotopic (exact) mass is 312 g/mol. The number of hydrogen-bond donors (Lipinski definition) is 0. The van der Waals surface area contributed by atoms with Crippen molar-refractivity contribution in [2.45, 2.75) is 6.42 Å². The molecule has 0 spiro atoms. The number of carbonyl (C=O) groups excluding carboxylic acids is 2. The van der Waals surface area contributed by atoms with Gasteiger partial charge in [-0.25, -0.2) is 4.90 Å². The van der Waals surface area contributed by atoms with Crippen LogP contribution < -0.4 is 4.90 Å². The minimum atomic E-state index is -1.90. The van der Waals surface area contributed by atoms with E-state index in [4.69, 9.17) is 0 Å². The van der Waals surface area contributed by atoms with E-state index in [1.807, 2.05) is 0 Å². The van der Waals surface area contributed by atoms with Crippen LogP contribution in [0.5, 0.6) is 0 Å². The first-order chi connectivity index (χ1) is 10.4. The molecular formula is C14H8F4N2O2. The van der Waals surface area contributed by atoms with Gasteiger partial charge in [0.15, 0.2) is 0 Å². The summed E-state index contributed by atoms with van der Waals surface area (Å²) < 4.78 is 54.1. The van der Waals surface area contributed by atoms with E-state index in [1.165, 1.54) is 0 Å². The number of rotatable bonds is 1. The van der Waals surface area contributed by atoms with Crippen molar-refractivity contribution in [3.05, 3.63) is 35.7 Å². The summed E-state index contributed by atoms with van der Waals surface area (Å²) in [4.78, 5) is 27.4. The maximum absolute atomic E-state index is 13.8. The zero-order chi connectivity index (χ0) is 15.8. The predicted molar refractivity (Wildman–Crippen MR) is 64.3 cm³/mol. The van der Waals surface area contributed by atoms with E-state index in [0.29, 0.717) is 6.42 Å². The number of halogens is 4. The maximum Gasteiger partial charge on any atom is 0.253 e. The predicted octanol–water partition coefficient (Wildman–Crippen LogP) is 1.95. The average molecular weight is 312 g/mol. The Balaban J connectivity index is 1.86. The van der Waals surface area contributed by atoms with E-state index in [9.17, 15) is 27.2 Å². The highest BCUT2D eigenvalue weighted by Crippen LogP contribution is 2.53. The van der Waals surface area contributed by atoms with E-state index < -0.39 is 52.9 Å². The Morgan fingerprint density at radius 2 is 1.36 bits per heavy atom. The molecule has 0 N–H and O–H groups in total. The minimum absolute atomic E-state index is 0.181. The molecule has 4 nitrogen and oxygen atoms in total. The van der Waals surface area contributed by atoms with Gasteiger partial charge in [-0.2, -0.15) is 22.5 Å². The molecule has 3 aliphatic rings. The molecule has 1 aromatic heterocycles. The van der Waals surface area contributed by atoms with E-state index >= 15 is 0 Å². The van der Waals surface area contributed by atoms with Crippen molar-refractivity contribution < 1.29 is 27.2 Å². The quantitative estimate of drug-likeness (QED) is 0.345. The standard InChI is InChI=1S/C14H8F4N2O2/c15-8-10(9(16)12(18)19-11(8)17)20-13(21)6-4-1-2-5(3-4)7(6)14(20)22/h1-2,4-7H,3H2/t4-,5+,6-,7+. The molecule has 1 aromatic rings. The smallest absolute Gasteiger partial charge is 0.253 e. The normalized spacial score (nSPS) is 32.3. The van der Waals surface area contributed by atoms with Crippen molar-refractivity contribution in [3.8, 4) is 0 Å². The molecule has 1 saturated carbocycles. The fourth-order valence-corrected chi connectivity index (χ4v) is 3.80. The summed E-state index contributed by atoms with van der Waals surface area (Å²) in [7, 11) is 0. The van der Waals surface area contributed by atoms with Crippen LogP contribution in [0.3, 0.4) is 0 Å². The van der Waals surface area contributed by atoms with Crippen LogP contribution in [0.25, 0.3) is 0 Å². The summed E-state index contributed by atoms with van der Waals surface area (Å²) >= 11 is 0. The van der Waals surface area contributed by atoms with Crippen LogP contribution in [-0.4, -0.2) is 16.8 Å². The molecule has 1 saturated heterocycles. The first-order valence-corrected chi connectivity index (χ1v) is 6.68. The first-order valence-electron chi connectivity index (χ1n) is 6.68. The van der Waals surface area contributed by atoms with Crippen LogP contribution >= 0.6 is 0 Å². The van der Waals surface area contributed by atoms with Gasteiger partial charge in [0.1, 0.15) is 5.69 Å². The summed E-state index contributed by atoms with van der Waals surface area (Å²) in [6.45, 7) is 0. The fourth-order valence-electron chi connectivity index (χ4n) is 3.80. The number of aromatic nitrogens is 1. The van der Waals surface area contributed by atoms with Crippen LogP contribution in [0.2, 0.25) is 0 Å². The first kappa shape index (κ1) is 13.4. The second kappa shape index (κ2) is 4.15. The van der Waals surface area contributed by atoms with Gasteiger partial charge in [0.2, 0.25) is 23.4 Å². The molecule has 8 heteroatoms. The van der Waals surface area contributed by atoms with Gasteiger partial charge in [-0.1, -0.05) is 12.2 Å². The largest absolute Gasteiger partial charge is 0.274 e. The highest BCUT2D eigenvalue weighted by molar-refractivity contribution is 6.22. The summed E-state index contributed by atoms with van der Waals surface area (Å²) in [6, 6.07) is 0. The lowest BCUT2D eigenvalue weighted by Crippen LogP contribution is -2.35. The molecule has 0 aromatic carbocycles. The number of amides is 2. The van der Waals surface area contributed by atoms with Gasteiger partial charge >= 0.3 is 0 Å². The third-order valence-corrected chi connectivity index (χ3v) is 4.67. The summed E-state index contributed by atoms with van der Waals surface area (Å²) in [5.41, 5.74) is -1.31. The summed E-state index contributed by atoms with van der Waals surface area (Å²) in [5, 5.41) is 0. The van der Waals surface area contributed by atoms with Crippen molar-refractivity contribution in [1.29, 1.82) is 0 Å². The number of allylic oxidation sites excluding steroid dienone is 2. The molecule has 114 valence electrons. The Morgan fingerprint density at radius 3 is 1.82 bits per heavy atom. The van der Waals surface area contributed by atoms with Crippen LogP contribution in [0.4, 0.5) is 23.2 Å². The maximum atomic E-state index is 13.8. The zero-order valence-electron chi connectivity index (χ0n) is 10.9. The number of hydrogen-bond acceptors (Lipinski definition) is 3. The van der Waals surface area contributed by atoms with E-state index in [2.05, 4.69) is 4.98 Å². The molecule has 0 unspecified atom stereocenters. The number of carbonyl (C=O) groups is 2. The summed E-state index contributed by atoms with van der Waals surface area (Å²) in [5.74, 6) is -10.9. The molecule has 4 atom stereocenters. The SMILES string of the molecule is O=C1[C@@H]2[C@H](C(=O)N1c1c(F)c(F)nc(F)c1F)[C@@H]1C=C[C@H]2C1. The molecule has 1 aliphatic heterocycles. The van der Waals surface area contributed by atoms with E-state index in [0.717, 1.165) is 0 Å².